The lowest BCUT2D eigenvalue weighted by Gasteiger charge is -2.32. The Morgan fingerprint density at radius 3 is 3.06 bits per heavy atom. The summed E-state index contributed by atoms with van der Waals surface area (Å²) in [6, 6.07) is 1.82. The minimum Gasteiger partial charge on any atom is -0.396 e. The molecule has 0 aliphatic carbocycles. The molecule has 1 aliphatic rings. The standard InChI is InChI=1S/C12H22N4O/c13-12-3-6-16(14-12)8-7-15-5-1-2-11(10-15)4-9-17/h3,6,11,17H,1-2,4-5,7-10H2,(H2,13,14). The first-order chi connectivity index (χ1) is 8.28. The van der Waals surface area contributed by atoms with E-state index in [9.17, 15) is 0 Å². The molecule has 1 fully saturated rings. The van der Waals surface area contributed by atoms with Crippen LogP contribution in [-0.4, -0.2) is 46.0 Å². The van der Waals surface area contributed by atoms with Crippen molar-refractivity contribution in [2.45, 2.75) is 25.8 Å². The molecule has 0 radical (unpaired) electrons. The van der Waals surface area contributed by atoms with E-state index in [0.717, 1.165) is 26.1 Å². The predicted molar refractivity (Wildman–Crippen MR) is 67.5 cm³/mol. The van der Waals surface area contributed by atoms with Crippen molar-refractivity contribution < 1.29 is 5.11 Å². The topological polar surface area (TPSA) is 67.3 Å². The summed E-state index contributed by atoms with van der Waals surface area (Å²) in [5.74, 6) is 1.25. The molecule has 1 aromatic rings. The van der Waals surface area contributed by atoms with Crippen molar-refractivity contribution in [2.24, 2.45) is 5.92 Å². The van der Waals surface area contributed by atoms with E-state index in [2.05, 4.69) is 10.00 Å². The van der Waals surface area contributed by atoms with E-state index in [4.69, 9.17) is 10.8 Å². The predicted octanol–water partition coefficient (Wildman–Crippen LogP) is 0.560. The van der Waals surface area contributed by atoms with Crippen molar-refractivity contribution in [3.63, 3.8) is 0 Å². The van der Waals surface area contributed by atoms with E-state index in [1.807, 2.05) is 16.9 Å². The van der Waals surface area contributed by atoms with Gasteiger partial charge in [0.25, 0.3) is 0 Å². The smallest absolute Gasteiger partial charge is 0.145 e. The van der Waals surface area contributed by atoms with Gasteiger partial charge in [0.15, 0.2) is 0 Å². The minimum atomic E-state index is 0.314. The number of hydrogen-bond donors (Lipinski definition) is 2. The Balaban J connectivity index is 1.75. The highest BCUT2D eigenvalue weighted by Gasteiger charge is 2.18. The molecule has 2 heterocycles. The molecule has 3 N–H and O–H groups in total. The summed E-state index contributed by atoms with van der Waals surface area (Å²) in [6.07, 6.45) is 5.35. The molecule has 5 heteroatoms. The maximum atomic E-state index is 8.97. The van der Waals surface area contributed by atoms with Crippen LogP contribution >= 0.6 is 0 Å². The van der Waals surface area contributed by atoms with Crippen molar-refractivity contribution in [3.05, 3.63) is 12.3 Å². The Hall–Kier alpha value is -1.07. The zero-order valence-corrected chi connectivity index (χ0v) is 10.3. The van der Waals surface area contributed by atoms with Gasteiger partial charge < -0.3 is 15.7 Å². The fraction of sp³-hybridized carbons (Fsp3) is 0.750. The molecule has 0 aromatic carbocycles. The number of aliphatic hydroxyl groups is 1. The second-order valence-corrected chi connectivity index (χ2v) is 4.82. The average Bonchev–Trinajstić information content (AvgIpc) is 2.74. The third kappa shape index (κ3) is 3.71. The molecule has 0 bridgehead atoms. The molecular formula is C12H22N4O. The molecular weight excluding hydrogens is 216 g/mol. The van der Waals surface area contributed by atoms with Crippen molar-refractivity contribution >= 4 is 5.82 Å². The van der Waals surface area contributed by atoms with Crippen LogP contribution in [0.3, 0.4) is 0 Å². The zero-order valence-electron chi connectivity index (χ0n) is 10.3. The van der Waals surface area contributed by atoms with Crippen LogP contribution in [0.4, 0.5) is 5.82 Å². The van der Waals surface area contributed by atoms with Gasteiger partial charge in [0.1, 0.15) is 5.82 Å². The summed E-state index contributed by atoms with van der Waals surface area (Å²) >= 11 is 0. The van der Waals surface area contributed by atoms with E-state index in [0.29, 0.717) is 18.3 Å². The van der Waals surface area contributed by atoms with E-state index >= 15 is 0 Å². The molecule has 0 amide bonds. The lowest BCUT2D eigenvalue weighted by atomic mass is 9.95. The van der Waals surface area contributed by atoms with Crippen molar-refractivity contribution in [1.82, 2.24) is 14.7 Å². The SMILES string of the molecule is Nc1ccn(CCN2CCCC(CCO)C2)n1. The van der Waals surface area contributed by atoms with Gasteiger partial charge in [-0.05, 0) is 37.8 Å². The molecule has 1 aliphatic heterocycles. The van der Waals surface area contributed by atoms with Gasteiger partial charge in [0.05, 0.1) is 6.54 Å². The summed E-state index contributed by atoms with van der Waals surface area (Å²) < 4.78 is 1.89. The number of rotatable bonds is 5. The molecule has 1 atom stereocenters. The van der Waals surface area contributed by atoms with Gasteiger partial charge in [-0.3, -0.25) is 4.68 Å². The molecule has 96 valence electrons. The van der Waals surface area contributed by atoms with Gasteiger partial charge in [0, 0.05) is 25.9 Å². The molecule has 2 rings (SSSR count). The third-order valence-corrected chi connectivity index (χ3v) is 3.45. The lowest BCUT2D eigenvalue weighted by Crippen LogP contribution is -2.37. The summed E-state index contributed by atoms with van der Waals surface area (Å²) in [6.45, 7) is 4.50. The van der Waals surface area contributed by atoms with Gasteiger partial charge in [-0.25, -0.2) is 0 Å². The number of anilines is 1. The van der Waals surface area contributed by atoms with Gasteiger partial charge >= 0.3 is 0 Å². The van der Waals surface area contributed by atoms with Crippen LogP contribution in [0.25, 0.3) is 0 Å². The summed E-state index contributed by atoms with van der Waals surface area (Å²) in [4.78, 5) is 2.46. The first-order valence-electron chi connectivity index (χ1n) is 6.40. The van der Waals surface area contributed by atoms with Crippen LogP contribution in [0.15, 0.2) is 12.3 Å². The molecule has 5 nitrogen and oxygen atoms in total. The molecule has 0 spiro atoms. The molecule has 1 saturated heterocycles. The Labute approximate surface area is 102 Å². The fourth-order valence-corrected chi connectivity index (χ4v) is 2.52. The average molecular weight is 238 g/mol. The van der Waals surface area contributed by atoms with Crippen molar-refractivity contribution in [2.75, 3.05) is 32.0 Å². The van der Waals surface area contributed by atoms with E-state index in [1.54, 1.807) is 0 Å². The van der Waals surface area contributed by atoms with Crippen LogP contribution in [0.2, 0.25) is 0 Å². The second kappa shape index (κ2) is 6.02. The zero-order chi connectivity index (χ0) is 12.1. The molecule has 17 heavy (non-hydrogen) atoms. The van der Waals surface area contributed by atoms with Crippen molar-refractivity contribution in [1.29, 1.82) is 0 Å². The Morgan fingerprint density at radius 1 is 1.47 bits per heavy atom. The van der Waals surface area contributed by atoms with Gasteiger partial charge in [-0.15, -0.1) is 0 Å². The second-order valence-electron chi connectivity index (χ2n) is 4.82. The van der Waals surface area contributed by atoms with Crippen LogP contribution < -0.4 is 5.73 Å². The monoisotopic (exact) mass is 238 g/mol. The maximum absolute atomic E-state index is 8.97. The quantitative estimate of drug-likeness (QED) is 0.786. The highest BCUT2D eigenvalue weighted by molar-refractivity contribution is 5.23. The third-order valence-electron chi connectivity index (χ3n) is 3.45. The number of nitrogen functional groups attached to an aromatic ring is 1. The van der Waals surface area contributed by atoms with Gasteiger partial charge in [-0.2, -0.15) is 5.10 Å². The number of nitrogens with zero attached hydrogens (tertiary/aromatic N) is 3. The largest absolute Gasteiger partial charge is 0.396 e. The van der Waals surface area contributed by atoms with Gasteiger partial charge in [-0.1, -0.05) is 0 Å². The van der Waals surface area contributed by atoms with Gasteiger partial charge in [0.2, 0.25) is 0 Å². The van der Waals surface area contributed by atoms with E-state index < -0.39 is 0 Å². The number of piperidine rings is 1. The summed E-state index contributed by atoms with van der Waals surface area (Å²) in [7, 11) is 0. The van der Waals surface area contributed by atoms with E-state index in [1.165, 1.54) is 19.4 Å². The summed E-state index contributed by atoms with van der Waals surface area (Å²) in [5.41, 5.74) is 5.58. The van der Waals surface area contributed by atoms with Crippen LogP contribution in [-0.2, 0) is 6.54 Å². The number of aromatic nitrogens is 2. The number of likely N-dealkylation sites (tertiary alicyclic amines) is 1. The van der Waals surface area contributed by atoms with E-state index in [-0.39, 0.29) is 0 Å². The first kappa shape index (κ1) is 12.4. The highest BCUT2D eigenvalue weighted by atomic mass is 16.3. The highest BCUT2D eigenvalue weighted by Crippen LogP contribution is 2.18. The number of hydrogen-bond acceptors (Lipinski definition) is 4. The molecule has 0 saturated carbocycles. The Kier molecular flexibility index (Phi) is 4.39. The maximum Gasteiger partial charge on any atom is 0.145 e. The lowest BCUT2D eigenvalue weighted by molar-refractivity contribution is 0.143. The number of aliphatic hydroxyl groups excluding tert-OH is 1. The number of nitrogens with two attached hydrogens (primary N) is 1. The normalized spacial score (nSPS) is 21.8. The Bertz CT molecular complexity index is 337. The minimum absolute atomic E-state index is 0.314. The van der Waals surface area contributed by atoms with Crippen LogP contribution in [0.1, 0.15) is 19.3 Å². The molecule has 1 unspecified atom stereocenters. The first-order valence-corrected chi connectivity index (χ1v) is 6.40. The van der Waals surface area contributed by atoms with Crippen LogP contribution in [0.5, 0.6) is 0 Å². The van der Waals surface area contributed by atoms with Crippen molar-refractivity contribution in [3.8, 4) is 0 Å². The Morgan fingerprint density at radius 2 is 2.35 bits per heavy atom. The van der Waals surface area contributed by atoms with Crippen LogP contribution in [0, 0.1) is 5.92 Å². The summed E-state index contributed by atoms with van der Waals surface area (Å²) in [5, 5.41) is 13.1. The molecule has 1 aromatic heterocycles. The fourth-order valence-electron chi connectivity index (χ4n) is 2.52.